The van der Waals surface area contributed by atoms with Gasteiger partial charge in [0.05, 0.1) is 7.11 Å². The van der Waals surface area contributed by atoms with Gasteiger partial charge in [-0.25, -0.2) is 0 Å². The summed E-state index contributed by atoms with van der Waals surface area (Å²) in [6.07, 6.45) is 4.73. The molecular weight excluding hydrogens is 248 g/mol. The van der Waals surface area contributed by atoms with Crippen LogP contribution in [0.1, 0.15) is 41.1 Å². The Balaban J connectivity index is 2.10. The van der Waals surface area contributed by atoms with E-state index in [1.165, 1.54) is 30.4 Å². The molecule has 2 heteroatoms. The molecule has 3 rings (SSSR count). The Kier molecular flexibility index (Phi) is 3.55. The largest absolute Gasteiger partial charge is 0.497 e. The van der Waals surface area contributed by atoms with Gasteiger partial charge in [-0.1, -0.05) is 30.7 Å². The highest BCUT2D eigenvalue weighted by Crippen LogP contribution is 2.41. The number of hydrogen-bond acceptors (Lipinski definition) is 2. The number of carbonyl (C=O) groups excluding carboxylic acids is 1. The molecule has 20 heavy (non-hydrogen) atoms. The number of methoxy groups -OCH3 is 1. The van der Waals surface area contributed by atoms with Gasteiger partial charge in [0, 0.05) is 5.56 Å². The van der Waals surface area contributed by atoms with Gasteiger partial charge in [0.1, 0.15) is 5.75 Å². The summed E-state index contributed by atoms with van der Waals surface area (Å²) >= 11 is 0. The number of hydrogen-bond donors (Lipinski definition) is 0. The molecule has 0 radical (unpaired) electrons. The zero-order chi connectivity index (χ0) is 13.9. The second kappa shape index (κ2) is 5.49. The summed E-state index contributed by atoms with van der Waals surface area (Å²) in [5.74, 6) is 1.37. The smallest absolute Gasteiger partial charge is 0.150 e. The van der Waals surface area contributed by atoms with Crippen LogP contribution < -0.4 is 4.74 Å². The number of benzene rings is 2. The minimum atomic E-state index is 0.646. The van der Waals surface area contributed by atoms with Gasteiger partial charge in [-0.05, 0) is 53.6 Å². The van der Waals surface area contributed by atoms with Crippen LogP contribution in [0, 0.1) is 0 Å². The first-order valence-corrected chi connectivity index (χ1v) is 7.06. The Bertz CT molecular complexity index is 627. The van der Waals surface area contributed by atoms with Crippen molar-refractivity contribution in [2.24, 2.45) is 0 Å². The molecule has 2 aromatic rings. The first kappa shape index (κ1) is 12.9. The molecule has 2 aromatic carbocycles. The van der Waals surface area contributed by atoms with Crippen LogP contribution in [0.5, 0.6) is 5.75 Å². The predicted molar refractivity (Wildman–Crippen MR) is 80.4 cm³/mol. The van der Waals surface area contributed by atoms with Crippen molar-refractivity contribution in [1.29, 1.82) is 0 Å². The van der Waals surface area contributed by atoms with Gasteiger partial charge in [-0.15, -0.1) is 0 Å². The lowest BCUT2D eigenvalue weighted by molar-refractivity contribution is 0.112. The SMILES string of the molecule is COc1ccc(-c2ccccc2C2CCC2)c(C=O)c1. The van der Waals surface area contributed by atoms with Crippen LogP contribution in [0.2, 0.25) is 0 Å². The highest BCUT2D eigenvalue weighted by atomic mass is 16.5. The molecular formula is C18H18O2. The Hall–Kier alpha value is -2.09. The van der Waals surface area contributed by atoms with Crippen molar-refractivity contribution in [3.63, 3.8) is 0 Å². The summed E-state index contributed by atoms with van der Waals surface area (Å²) < 4.78 is 5.20. The summed E-state index contributed by atoms with van der Waals surface area (Å²) in [4.78, 5) is 11.4. The van der Waals surface area contributed by atoms with E-state index < -0.39 is 0 Å². The van der Waals surface area contributed by atoms with Crippen molar-refractivity contribution in [3.05, 3.63) is 53.6 Å². The fraction of sp³-hybridized carbons (Fsp3) is 0.278. The number of ether oxygens (including phenoxy) is 1. The summed E-state index contributed by atoms with van der Waals surface area (Å²) in [7, 11) is 1.62. The van der Waals surface area contributed by atoms with E-state index in [4.69, 9.17) is 4.74 Å². The first-order valence-electron chi connectivity index (χ1n) is 7.06. The third-order valence-electron chi connectivity index (χ3n) is 4.18. The molecule has 1 aliphatic rings. The maximum atomic E-state index is 11.4. The number of aldehydes is 1. The van der Waals surface area contributed by atoms with Crippen molar-refractivity contribution in [1.82, 2.24) is 0 Å². The van der Waals surface area contributed by atoms with Crippen LogP contribution in [-0.4, -0.2) is 13.4 Å². The minimum Gasteiger partial charge on any atom is -0.497 e. The third kappa shape index (κ3) is 2.22. The van der Waals surface area contributed by atoms with E-state index in [2.05, 4.69) is 18.2 Å². The molecule has 0 amide bonds. The molecule has 1 saturated carbocycles. The Morgan fingerprint density at radius 3 is 2.55 bits per heavy atom. The molecule has 1 aliphatic carbocycles. The van der Waals surface area contributed by atoms with Gasteiger partial charge in [-0.3, -0.25) is 4.79 Å². The van der Waals surface area contributed by atoms with Gasteiger partial charge in [0.25, 0.3) is 0 Å². The monoisotopic (exact) mass is 266 g/mol. The molecule has 0 heterocycles. The van der Waals surface area contributed by atoms with Crippen molar-refractivity contribution >= 4 is 6.29 Å². The lowest BCUT2D eigenvalue weighted by Gasteiger charge is -2.28. The fourth-order valence-corrected chi connectivity index (χ4v) is 2.83. The Morgan fingerprint density at radius 1 is 1.10 bits per heavy atom. The molecule has 0 aromatic heterocycles. The van der Waals surface area contributed by atoms with E-state index in [1.807, 2.05) is 18.2 Å². The Labute approximate surface area is 119 Å². The molecule has 102 valence electrons. The number of carbonyl (C=O) groups is 1. The zero-order valence-corrected chi connectivity index (χ0v) is 11.6. The van der Waals surface area contributed by atoms with Crippen molar-refractivity contribution < 1.29 is 9.53 Å². The van der Waals surface area contributed by atoms with E-state index in [1.54, 1.807) is 13.2 Å². The topological polar surface area (TPSA) is 26.3 Å². The second-order valence-electron chi connectivity index (χ2n) is 5.29. The molecule has 0 spiro atoms. The van der Waals surface area contributed by atoms with Crippen LogP contribution >= 0.6 is 0 Å². The average Bonchev–Trinajstić information content (AvgIpc) is 2.45. The third-order valence-corrected chi connectivity index (χ3v) is 4.18. The van der Waals surface area contributed by atoms with Gasteiger partial charge < -0.3 is 4.74 Å². The van der Waals surface area contributed by atoms with E-state index in [0.717, 1.165) is 17.6 Å². The minimum absolute atomic E-state index is 0.646. The molecule has 1 fully saturated rings. The molecule has 0 unspecified atom stereocenters. The highest BCUT2D eigenvalue weighted by Gasteiger charge is 2.23. The van der Waals surface area contributed by atoms with Gasteiger partial charge in [-0.2, -0.15) is 0 Å². The average molecular weight is 266 g/mol. The summed E-state index contributed by atoms with van der Waals surface area (Å²) in [5.41, 5.74) is 4.24. The van der Waals surface area contributed by atoms with Crippen LogP contribution in [0.3, 0.4) is 0 Å². The molecule has 0 saturated heterocycles. The van der Waals surface area contributed by atoms with E-state index in [0.29, 0.717) is 11.5 Å². The summed E-state index contributed by atoms with van der Waals surface area (Å²) in [6, 6.07) is 14.1. The van der Waals surface area contributed by atoms with E-state index in [-0.39, 0.29) is 0 Å². The van der Waals surface area contributed by atoms with Gasteiger partial charge >= 0.3 is 0 Å². The molecule has 0 atom stereocenters. The van der Waals surface area contributed by atoms with E-state index >= 15 is 0 Å². The highest BCUT2D eigenvalue weighted by molar-refractivity contribution is 5.89. The van der Waals surface area contributed by atoms with Gasteiger partial charge in [0.15, 0.2) is 6.29 Å². The first-order chi connectivity index (χ1) is 9.83. The maximum absolute atomic E-state index is 11.4. The standard InChI is InChI=1S/C18H18O2/c1-20-15-9-10-17(14(11-15)12-19)18-8-3-2-7-16(18)13-5-4-6-13/h2-3,7-13H,4-6H2,1H3. The summed E-state index contributed by atoms with van der Waals surface area (Å²) in [5, 5.41) is 0. The van der Waals surface area contributed by atoms with Crippen molar-refractivity contribution in [2.75, 3.05) is 7.11 Å². The van der Waals surface area contributed by atoms with Crippen molar-refractivity contribution in [3.8, 4) is 16.9 Å². The van der Waals surface area contributed by atoms with Crippen LogP contribution in [0.25, 0.3) is 11.1 Å². The normalized spacial score (nSPS) is 14.7. The second-order valence-corrected chi connectivity index (χ2v) is 5.29. The van der Waals surface area contributed by atoms with Crippen LogP contribution in [0.15, 0.2) is 42.5 Å². The molecule has 0 N–H and O–H groups in total. The lowest BCUT2D eigenvalue weighted by atomic mass is 9.77. The van der Waals surface area contributed by atoms with Crippen LogP contribution in [0.4, 0.5) is 0 Å². The fourth-order valence-electron chi connectivity index (χ4n) is 2.83. The van der Waals surface area contributed by atoms with Crippen LogP contribution in [-0.2, 0) is 0 Å². The van der Waals surface area contributed by atoms with Crippen molar-refractivity contribution in [2.45, 2.75) is 25.2 Å². The Morgan fingerprint density at radius 2 is 1.90 bits per heavy atom. The lowest BCUT2D eigenvalue weighted by Crippen LogP contribution is -2.10. The molecule has 2 nitrogen and oxygen atoms in total. The van der Waals surface area contributed by atoms with E-state index in [9.17, 15) is 4.79 Å². The quantitative estimate of drug-likeness (QED) is 0.765. The van der Waals surface area contributed by atoms with Gasteiger partial charge in [0.2, 0.25) is 0 Å². The molecule has 0 aliphatic heterocycles. The number of rotatable bonds is 4. The predicted octanol–water partition coefficient (Wildman–Crippen LogP) is 4.44. The summed E-state index contributed by atoms with van der Waals surface area (Å²) in [6.45, 7) is 0. The maximum Gasteiger partial charge on any atom is 0.150 e. The zero-order valence-electron chi connectivity index (χ0n) is 11.6. The molecule has 0 bridgehead atoms.